The monoisotopic (exact) mass is 370 g/mol. The molecule has 1 N–H and O–H groups in total. The molecule has 5 atom stereocenters. The van der Waals surface area contributed by atoms with Gasteiger partial charge in [-0.25, -0.2) is 8.78 Å². The van der Waals surface area contributed by atoms with E-state index in [0.29, 0.717) is 32.1 Å². The Morgan fingerprint density at radius 1 is 1.31 bits per heavy atom. The number of halogens is 2. The number of alkyl halides is 2. The Kier molecular flexibility index (Phi) is 7.81. The van der Waals surface area contributed by atoms with Crippen molar-refractivity contribution in [2.24, 2.45) is 17.8 Å². The lowest BCUT2D eigenvalue weighted by Gasteiger charge is -2.26. The number of cyclic esters (lactones) is 1. The van der Waals surface area contributed by atoms with E-state index in [2.05, 4.69) is 0 Å². The van der Waals surface area contributed by atoms with E-state index in [9.17, 15) is 18.7 Å². The summed E-state index contributed by atoms with van der Waals surface area (Å²) >= 11 is 0. The van der Waals surface area contributed by atoms with Crippen molar-refractivity contribution < 1.29 is 23.4 Å². The number of allylic oxidation sites excluding steroid dienone is 3. The van der Waals surface area contributed by atoms with E-state index in [1.165, 1.54) is 6.08 Å². The summed E-state index contributed by atoms with van der Waals surface area (Å²) in [6.07, 6.45) is 8.84. The normalized spacial score (nSPS) is 36.2. The Hall–Kier alpha value is -1.23. The summed E-state index contributed by atoms with van der Waals surface area (Å²) in [5.74, 6) is -3.39. The summed E-state index contributed by atoms with van der Waals surface area (Å²) in [5, 5.41) is 10.3. The molecule has 1 fully saturated rings. The SMILES string of the molecule is CCCCC(F)(F)C1/C=C/[C@@H]2[C@@H](C/C=C\CCCC(=O)O1)[C@@H](O)C[C@H]2C. The van der Waals surface area contributed by atoms with Crippen LogP contribution in [0.1, 0.15) is 65.2 Å². The van der Waals surface area contributed by atoms with Gasteiger partial charge in [0.15, 0.2) is 6.10 Å². The lowest BCUT2D eigenvalue weighted by molar-refractivity contribution is -0.167. The van der Waals surface area contributed by atoms with Gasteiger partial charge in [0.25, 0.3) is 5.92 Å². The molecule has 1 unspecified atom stereocenters. The van der Waals surface area contributed by atoms with Crippen molar-refractivity contribution in [3.63, 3.8) is 0 Å². The quantitative estimate of drug-likeness (QED) is 0.557. The Morgan fingerprint density at radius 2 is 2.08 bits per heavy atom. The summed E-state index contributed by atoms with van der Waals surface area (Å²) < 4.78 is 34.4. The standard InChI is InChI=1S/C21H32F2O3/c1-3-4-13-21(22,23)19-12-11-16-15(2)14-18(24)17(16)9-7-5-6-8-10-20(25)26-19/h5,7,11-12,15-19,24H,3-4,6,8-10,13-14H2,1-2H3/b7-5-,12-11+/t15-,16+,17-,18+,19?/m1/s1. The minimum Gasteiger partial charge on any atom is -0.452 e. The van der Waals surface area contributed by atoms with Crippen LogP contribution in [-0.4, -0.2) is 29.2 Å². The average molecular weight is 370 g/mol. The zero-order valence-electron chi connectivity index (χ0n) is 15.9. The zero-order chi connectivity index (χ0) is 19.2. The second kappa shape index (κ2) is 9.63. The maximum atomic E-state index is 14.6. The van der Waals surface area contributed by atoms with Crippen molar-refractivity contribution in [2.75, 3.05) is 0 Å². The number of unbranched alkanes of at least 4 members (excludes halogenated alkanes) is 1. The van der Waals surface area contributed by atoms with Gasteiger partial charge in [0.2, 0.25) is 0 Å². The smallest absolute Gasteiger partial charge is 0.306 e. The van der Waals surface area contributed by atoms with Crippen LogP contribution in [0.25, 0.3) is 0 Å². The van der Waals surface area contributed by atoms with Crippen LogP contribution in [0.2, 0.25) is 0 Å². The fourth-order valence-corrected chi connectivity index (χ4v) is 4.02. The van der Waals surface area contributed by atoms with Gasteiger partial charge in [-0.3, -0.25) is 4.79 Å². The van der Waals surface area contributed by atoms with Crippen LogP contribution in [0.15, 0.2) is 24.3 Å². The van der Waals surface area contributed by atoms with Gasteiger partial charge in [-0.15, -0.1) is 0 Å². The zero-order valence-corrected chi connectivity index (χ0v) is 15.9. The Balaban J connectivity index is 2.25. The fourth-order valence-electron chi connectivity index (χ4n) is 4.02. The molecule has 2 rings (SSSR count). The molecule has 1 aliphatic carbocycles. The number of fused-ring (bicyclic) bond motifs is 1. The maximum absolute atomic E-state index is 14.6. The second-order valence-corrected chi connectivity index (χ2v) is 7.78. The molecule has 1 aliphatic heterocycles. The third-order valence-corrected chi connectivity index (χ3v) is 5.63. The largest absolute Gasteiger partial charge is 0.452 e. The molecule has 1 heterocycles. The summed E-state index contributed by atoms with van der Waals surface area (Å²) in [7, 11) is 0. The van der Waals surface area contributed by atoms with Crippen LogP contribution in [0.5, 0.6) is 0 Å². The first-order valence-electron chi connectivity index (χ1n) is 9.93. The first kappa shape index (κ1) is 21.1. The molecule has 0 radical (unpaired) electrons. The van der Waals surface area contributed by atoms with Gasteiger partial charge in [-0.05, 0) is 55.9 Å². The van der Waals surface area contributed by atoms with Crippen LogP contribution in [0.4, 0.5) is 8.78 Å². The van der Waals surface area contributed by atoms with E-state index >= 15 is 0 Å². The minimum atomic E-state index is -3.07. The lowest BCUT2D eigenvalue weighted by atomic mass is 9.86. The van der Waals surface area contributed by atoms with Gasteiger partial charge in [-0.1, -0.05) is 38.5 Å². The number of ether oxygens (including phenoxy) is 1. The van der Waals surface area contributed by atoms with Crippen LogP contribution in [0, 0.1) is 17.8 Å². The van der Waals surface area contributed by atoms with Gasteiger partial charge < -0.3 is 9.84 Å². The topological polar surface area (TPSA) is 46.5 Å². The van der Waals surface area contributed by atoms with E-state index in [1.54, 1.807) is 6.08 Å². The Labute approximate surface area is 155 Å². The second-order valence-electron chi connectivity index (χ2n) is 7.78. The predicted octanol–water partition coefficient (Wildman–Crippen LogP) is 5.04. The molecular weight excluding hydrogens is 338 g/mol. The molecular formula is C21H32F2O3. The predicted molar refractivity (Wildman–Crippen MR) is 97.9 cm³/mol. The van der Waals surface area contributed by atoms with Gasteiger partial charge in [-0.2, -0.15) is 0 Å². The third kappa shape index (κ3) is 5.63. The highest BCUT2D eigenvalue weighted by Crippen LogP contribution is 2.41. The molecule has 0 aromatic carbocycles. The molecule has 5 heteroatoms. The molecule has 0 amide bonds. The van der Waals surface area contributed by atoms with E-state index in [4.69, 9.17) is 4.74 Å². The number of carbonyl (C=O) groups is 1. The van der Waals surface area contributed by atoms with Gasteiger partial charge in [0.05, 0.1) is 6.10 Å². The number of rotatable bonds is 4. The van der Waals surface area contributed by atoms with Gasteiger partial charge in [0, 0.05) is 12.8 Å². The minimum absolute atomic E-state index is 0.0126. The van der Waals surface area contributed by atoms with Crippen molar-refractivity contribution in [3.8, 4) is 0 Å². The maximum Gasteiger partial charge on any atom is 0.306 e. The molecule has 1 saturated carbocycles. The Bertz CT molecular complexity index is 515. The molecule has 0 aromatic rings. The molecule has 3 nitrogen and oxygen atoms in total. The third-order valence-electron chi connectivity index (χ3n) is 5.63. The van der Waals surface area contributed by atoms with E-state index in [1.807, 2.05) is 26.0 Å². The fraction of sp³-hybridized carbons (Fsp3) is 0.762. The molecule has 26 heavy (non-hydrogen) atoms. The van der Waals surface area contributed by atoms with Crippen molar-refractivity contribution >= 4 is 5.97 Å². The van der Waals surface area contributed by atoms with E-state index in [-0.39, 0.29) is 30.6 Å². The summed E-state index contributed by atoms with van der Waals surface area (Å²) in [4.78, 5) is 12.0. The van der Waals surface area contributed by atoms with Gasteiger partial charge >= 0.3 is 5.97 Å². The van der Waals surface area contributed by atoms with Crippen LogP contribution < -0.4 is 0 Å². The van der Waals surface area contributed by atoms with Crippen molar-refractivity contribution in [2.45, 2.75) is 83.3 Å². The number of carbonyl (C=O) groups excluding carboxylic acids is 1. The van der Waals surface area contributed by atoms with Crippen molar-refractivity contribution in [1.82, 2.24) is 0 Å². The van der Waals surface area contributed by atoms with Crippen molar-refractivity contribution in [3.05, 3.63) is 24.3 Å². The highest BCUT2D eigenvalue weighted by molar-refractivity contribution is 5.69. The summed E-state index contributed by atoms with van der Waals surface area (Å²) in [6, 6.07) is 0. The lowest BCUT2D eigenvalue weighted by Crippen LogP contribution is -2.36. The molecule has 148 valence electrons. The highest BCUT2D eigenvalue weighted by Gasteiger charge is 2.42. The number of aliphatic hydroxyl groups is 1. The molecule has 0 aromatic heterocycles. The molecule has 0 bridgehead atoms. The molecule has 0 spiro atoms. The summed E-state index contributed by atoms with van der Waals surface area (Å²) in [5.41, 5.74) is 0. The van der Waals surface area contributed by atoms with Crippen LogP contribution in [0.3, 0.4) is 0 Å². The van der Waals surface area contributed by atoms with Crippen LogP contribution in [-0.2, 0) is 9.53 Å². The number of hydrogen-bond acceptors (Lipinski definition) is 3. The first-order chi connectivity index (χ1) is 12.3. The van der Waals surface area contributed by atoms with Crippen molar-refractivity contribution in [1.29, 1.82) is 0 Å². The Morgan fingerprint density at radius 3 is 2.81 bits per heavy atom. The number of aliphatic hydroxyl groups excluding tert-OH is 1. The van der Waals surface area contributed by atoms with E-state index in [0.717, 1.165) is 6.42 Å². The van der Waals surface area contributed by atoms with E-state index < -0.39 is 24.1 Å². The first-order valence-corrected chi connectivity index (χ1v) is 9.93. The molecule has 2 aliphatic rings. The summed E-state index contributed by atoms with van der Waals surface area (Å²) in [6.45, 7) is 3.90. The van der Waals surface area contributed by atoms with Gasteiger partial charge in [0.1, 0.15) is 0 Å². The van der Waals surface area contributed by atoms with Crippen LogP contribution >= 0.6 is 0 Å². The molecule has 0 saturated heterocycles. The average Bonchev–Trinajstić information content (AvgIpc) is 2.86. The number of hydrogen-bond donors (Lipinski definition) is 1. The highest BCUT2D eigenvalue weighted by atomic mass is 19.3. The number of esters is 1.